The predicted octanol–water partition coefficient (Wildman–Crippen LogP) is 3.57. The molecule has 2 fully saturated rings. The predicted molar refractivity (Wildman–Crippen MR) is 98.8 cm³/mol. The first-order valence-corrected chi connectivity index (χ1v) is 10.5. The second-order valence-electron chi connectivity index (χ2n) is 8.36. The number of ether oxygens (including phenoxy) is 1. The second-order valence-corrected chi connectivity index (χ2v) is 10.2. The van der Waals surface area contributed by atoms with Gasteiger partial charge in [-0.3, -0.25) is 0 Å². The standard InChI is InChI=1S/C19H28N2O4S/c1-14-7-9-15(10-8-14)26(23,24)20-13-16-18(2,3)11-6-12-19(16,4)21(20)17(22)25-5/h7-10,16H,6,11-13H2,1-5H3/t16-,19+/m0/s1. The monoisotopic (exact) mass is 380 g/mol. The van der Waals surface area contributed by atoms with Crippen molar-refractivity contribution in [2.24, 2.45) is 11.3 Å². The van der Waals surface area contributed by atoms with Crippen LogP contribution in [0.15, 0.2) is 29.2 Å². The third kappa shape index (κ3) is 2.81. The summed E-state index contributed by atoms with van der Waals surface area (Å²) in [6.45, 7) is 8.50. The lowest BCUT2D eigenvalue weighted by atomic mass is 9.61. The van der Waals surface area contributed by atoms with E-state index in [9.17, 15) is 13.2 Å². The lowest BCUT2D eigenvalue weighted by Crippen LogP contribution is -2.57. The molecule has 1 saturated carbocycles. The number of benzene rings is 1. The average molecular weight is 381 g/mol. The van der Waals surface area contributed by atoms with Gasteiger partial charge >= 0.3 is 6.09 Å². The van der Waals surface area contributed by atoms with Crippen LogP contribution in [0.4, 0.5) is 4.79 Å². The van der Waals surface area contributed by atoms with Gasteiger partial charge in [0, 0.05) is 12.5 Å². The number of sulfonamides is 1. The highest BCUT2D eigenvalue weighted by atomic mass is 32.2. The van der Waals surface area contributed by atoms with Crippen LogP contribution in [0.3, 0.4) is 0 Å². The van der Waals surface area contributed by atoms with E-state index in [0.717, 1.165) is 24.8 Å². The van der Waals surface area contributed by atoms with Gasteiger partial charge in [0.1, 0.15) is 0 Å². The van der Waals surface area contributed by atoms with Gasteiger partial charge in [-0.1, -0.05) is 38.0 Å². The van der Waals surface area contributed by atoms with E-state index in [4.69, 9.17) is 4.74 Å². The van der Waals surface area contributed by atoms with E-state index in [1.807, 2.05) is 13.8 Å². The van der Waals surface area contributed by atoms with Crippen LogP contribution in [0.1, 0.15) is 45.6 Å². The molecule has 7 heteroatoms. The molecule has 0 unspecified atom stereocenters. The summed E-state index contributed by atoms with van der Waals surface area (Å²) in [5, 5.41) is 1.35. The summed E-state index contributed by atoms with van der Waals surface area (Å²) >= 11 is 0. The molecule has 0 spiro atoms. The van der Waals surface area contributed by atoms with Gasteiger partial charge in [0.25, 0.3) is 10.0 Å². The van der Waals surface area contributed by atoms with Gasteiger partial charge in [0.05, 0.1) is 17.5 Å². The molecule has 0 N–H and O–H groups in total. The molecule has 6 nitrogen and oxygen atoms in total. The van der Waals surface area contributed by atoms with Gasteiger partial charge in [-0.25, -0.2) is 18.2 Å². The van der Waals surface area contributed by atoms with Crippen LogP contribution in [0, 0.1) is 18.3 Å². The summed E-state index contributed by atoms with van der Waals surface area (Å²) in [5.41, 5.74) is 0.348. The molecule has 1 aromatic carbocycles. The third-order valence-electron chi connectivity index (χ3n) is 6.19. The maximum absolute atomic E-state index is 13.3. The number of fused-ring (bicyclic) bond motifs is 1. The molecule has 2 aliphatic rings. The molecule has 2 atom stereocenters. The molecule has 26 heavy (non-hydrogen) atoms. The van der Waals surface area contributed by atoms with E-state index in [1.165, 1.54) is 16.5 Å². The summed E-state index contributed by atoms with van der Waals surface area (Å²) < 4.78 is 32.9. The SMILES string of the molecule is COC(=O)N1N(S(=O)(=O)c2ccc(C)cc2)C[C@H]2C(C)(C)CCC[C@]21C. The van der Waals surface area contributed by atoms with Gasteiger partial charge in [0.15, 0.2) is 0 Å². The summed E-state index contributed by atoms with van der Waals surface area (Å²) in [5.74, 6) is 0.0445. The van der Waals surface area contributed by atoms with Crippen LogP contribution in [-0.4, -0.2) is 43.1 Å². The summed E-state index contributed by atoms with van der Waals surface area (Å²) in [6.07, 6.45) is 2.10. The van der Waals surface area contributed by atoms with E-state index in [0.29, 0.717) is 0 Å². The Labute approximate surface area is 156 Å². The molecule has 0 bridgehead atoms. The van der Waals surface area contributed by atoms with E-state index in [2.05, 4.69) is 13.8 Å². The average Bonchev–Trinajstić information content (AvgIpc) is 2.89. The van der Waals surface area contributed by atoms with Crippen LogP contribution < -0.4 is 0 Å². The number of aryl methyl sites for hydroxylation is 1. The number of carbonyl (C=O) groups excluding carboxylic acids is 1. The van der Waals surface area contributed by atoms with Crippen molar-refractivity contribution in [2.45, 2.75) is 57.4 Å². The highest BCUT2D eigenvalue weighted by Gasteiger charge is 2.61. The Morgan fingerprint density at radius 1 is 1.15 bits per heavy atom. The number of hydrogen-bond acceptors (Lipinski definition) is 4. The number of hydrazine groups is 1. The topological polar surface area (TPSA) is 66.9 Å². The Bertz CT molecular complexity index is 803. The van der Waals surface area contributed by atoms with Crippen molar-refractivity contribution in [3.63, 3.8) is 0 Å². The van der Waals surface area contributed by atoms with E-state index >= 15 is 0 Å². The highest BCUT2D eigenvalue weighted by molar-refractivity contribution is 7.89. The third-order valence-corrected chi connectivity index (χ3v) is 7.92. The fourth-order valence-corrected chi connectivity index (χ4v) is 6.24. The largest absolute Gasteiger partial charge is 0.452 e. The van der Waals surface area contributed by atoms with Gasteiger partial charge in [0.2, 0.25) is 0 Å². The lowest BCUT2D eigenvalue weighted by molar-refractivity contribution is -0.0234. The van der Waals surface area contributed by atoms with Gasteiger partial charge in [-0.2, -0.15) is 0 Å². The minimum Gasteiger partial charge on any atom is -0.452 e. The summed E-state index contributed by atoms with van der Waals surface area (Å²) in [6, 6.07) is 6.72. The van der Waals surface area contributed by atoms with Crippen molar-refractivity contribution >= 4 is 16.1 Å². The number of carbonyl (C=O) groups is 1. The minimum absolute atomic E-state index is 0.0445. The number of methoxy groups -OCH3 is 1. The molecule has 1 amide bonds. The normalized spacial score (nSPS) is 28.7. The van der Waals surface area contributed by atoms with Gasteiger partial charge < -0.3 is 4.74 Å². The smallest absolute Gasteiger partial charge is 0.425 e. The maximum Gasteiger partial charge on any atom is 0.425 e. The lowest BCUT2D eigenvalue weighted by Gasteiger charge is -2.48. The van der Waals surface area contributed by atoms with Crippen LogP contribution in [0.25, 0.3) is 0 Å². The Morgan fingerprint density at radius 3 is 2.35 bits per heavy atom. The summed E-state index contributed by atoms with van der Waals surface area (Å²) in [7, 11) is -2.55. The fraction of sp³-hybridized carbons (Fsp3) is 0.632. The quantitative estimate of drug-likeness (QED) is 0.787. The molecule has 1 aromatic rings. The van der Waals surface area contributed by atoms with Crippen molar-refractivity contribution < 1.29 is 17.9 Å². The van der Waals surface area contributed by atoms with E-state index in [-0.39, 0.29) is 22.8 Å². The van der Waals surface area contributed by atoms with Crippen LogP contribution in [0.2, 0.25) is 0 Å². The zero-order valence-corrected chi connectivity index (χ0v) is 17.0. The first kappa shape index (κ1) is 19.2. The van der Waals surface area contributed by atoms with Crippen molar-refractivity contribution in [1.82, 2.24) is 9.42 Å². The number of amides is 1. The summed E-state index contributed by atoms with van der Waals surface area (Å²) in [4.78, 5) is 12.8. The Balaban J connectivity index is 2.10. The molecule has 1 aliphatic heterocycles. The van der Waals surface area contributed by atoms with Crippen LogP contribution in [0.5, 0.6) is 0 Å². The molecular weight excluding hydrogens is 352 g/mol. The molecule has 1 saturated heterocycles. The highest BCUT2D eigenvalue weighted by Crippen LogP contribution is 2.54. The van der Waals surface area contributed by atoms with Crippen LogP contribution in [-0.2, 0) is 14.8 Å². The molecule has 0 aromatic heterocycles. The number of hydrogen-bond donors (Lipinski definition) is 0. The van der Waals surface area contributed by atoms with Crippen molar-refractivity contribution in [1.29, 1.82) is 0 Å². The molecule has 1 heterocycles. The molecular formula is C19H28N2O4S. The van der Waals surface area contributed by atoms with Crippen molar-refractivity contribution in [2.75, 3.05) is 13.7 Å². The zero-order valence-electron chi connectivity index (χ0n) is 16.2. The number of nitrogens with zero attached hydrogens (tertiary/aromatic N) is 2. The molecule has 144 valence electrons. The Kier molecular flexibility index (Phi) is 4.60. The fourth-order valence-electron chi connectivity index (χ4n) is 4.71. The Hall–Kier alpha value is -1.60. The zero-order chi connectivity index (χ0) is 19.3. The molecule has 0 radical (unpaired) electrons. The second kappa shape index (κ2) is 6.23. The van der Waals surface area contributed by atoms with Gasteiger partial charge in [-0.05, 0) is 44.2 Å². The van der Waals surface area contributed by atoms with Crippen molar-refractivity contribution in [3.8, 4) is 0 Å². The minimum atomic E-state index is -3.85. The first-order valence-electron chi connectivity index (χ1n) is 9.01. The van der Waals surface area contributed by atoms with Crippen molar-refractivity contribution in [3.05, 3.63) is 29.8 Å². The first-order chi connectivity index (χ1) is 12.0. The molecule has 1 aliphatic carbocycles. The maximum atomic E-state index is 13.3. The van der Waals surface area contributed by atoms with Crippen LogP contribution >= 0.6 is 0 Å². The van der Waals surface area contributed by atoms with E-state index in [1.54, 1.807) is 24.3 Å². The van der Waals surface area contributed by atoms with E-state index < -0.39 is 21.7 Å². The van der Waals surface area contributed by atoms with Gasteiger partial charge in [-0.15, -0.1) is 4.41 Å². The Morgan fingerprint density at radius 2 is 1.77 bits per heavy atom. The molecule has 3 rings (SSSR count). The number of rotatable bonds is 2.